The molecule has 3 nitrogen and oxygen atoms in total. The summed E-state index contributed by atoms with van der Waals surface area (Å²) >= 11 is 5.96. The van der Waals surface area contributed by atoms with Gasteiger partial charge in [0.1, 0.15) is 5.82 Å². The first kappa shape index (κ1) is 14.9. The van der Waals surface area contributed by atoms with Crippen molar-refractivity contribution in [2.24, 2.45) is 0 Å². The maximum Gasteiger partial charge on any atom is 0.223 e. The lowest BCUT2D eigenvalue weighted by atomic mass is 10.1. The molecule has 0 heterocycles. The van der Waals surface area contributed by atoms with Crippen LogP contribution >= 0.6 is 11.6 Å². The number of benzene rings is 1. The van der Waals surface area contributed by atoms with Gasteiger partial charge in [0.2, 0.25) is 5.91 Å². The third-order valence-corrected chi connectivity index (χ3v) is 3.04. The van der Waals surface area contributed by atoms with Crippen LogP contribution in [0.15, 0.2) is 18.2 Å². The molecule has 0 spiro atoms. The van der Waals surface area contributed by atoms with Crippen LogP contribution in [0.25, 0.3) is 0 Å². The van der Waals surface area contributed by atoms with Crippen molar-refractivity contribution in [3.05, 3.63) is 34.6 Å². The van der Waals surface area contributed by atoms with Gasteiger partial charge in [-0.15, -0.1) is 0 Å². The molecule has 1 amide bonds. The molecule has 0 aliphatic heterocycles. The van der Waals surface area contributed by atoms with Crippen molar-refractivity contribution in [2.45, 2.75) is 19.4 Å². The van der Waals surface area contributed by atoms with E-state index in [1.807, 2.05) is 6.92 Å². The molecule has 0 fully saturated rings. The Bertz CT molecular complexity index is 423. The van der Waals surface area contributed by atoms with Crippen molar-refractivity contribution < 1.29 is 9.18 Å². The van der Waals surface area contributed by atoms with Crippen molar-refractivity contribution >= 4 is 17.5 Å². The number of rotatable bonds is 5. The Morgan fingerprint density at radius 2 is 2.17 bits per heavy atom. The van der Waals surface area contributed by atoms with Gasteiger partial charge in [0, 0.05) is 38.1 Å². The zero-order valence-corrected chi connectivity index (χ0v) is 11.6. The van der Waals surface area contributed by atoms with Crippen molar-refractivity contribution in [3.63, 3.8) is 0 Å². The van der Waals surface area contributed by atoms with Crippen LogP contribution in [0.2, 0.25) is 5.02 Å². The molecule has 5 heteroatoms. The number of nitrogens with one attached hydrogen (secondary N) is 1. The molecule has 0 radical (unpaired) electrons. The van der Waals surface area contributed by atoms with E-state index in [4.69, 9.17) is 11.6 Å². The van der Waals surface area contributed by atoms with Crippen LogP contribution in [0.1, 0.15) is 24.9 Å². The van der Waals surface area contributed by atoms with Gasteiger partial charge in [-0.2, -0.15) is 0 Å². The Balaban J connectivity index is 2.50. The lowest BCUT2D eigenvalue weighted by Gasteiger charge is -2.16. The first-order valence-corrected chi connectivity index (χ1v) is 6.18. The highest BCUT2D eigenvalue weighted by molar-refractivity contribution is 6.31. The predicted octanol–water partition coefficient (Wildman–Crippen LogP) is 2.61. The fraction of sp³-hybridized carbons (Fsp3) is 0.462. The Morgan fingerprint density at radius 3 is 2.72 bits per heavy atom. The third-order valence-electron chi connectivity index (χ3n) is 2.72. The third kappa shape index (κ3) is 4.27. The molecular weight excluding hydrogens is 255 g/mol. The highest BCUT2D eigenvalue weighted by Crippen LogP contribution is 2.23. The van der Waals surface area contributed by atoms with E-state index in [9.17, 15) is 9.18 Å². The number of halogens is 2. The molecule has 0 aliphatic carbocycles. The molecular formula is C13H18ClFN2O. The number of hydrogen-bond donors (Lipinski definition) is 1. The summed E-state index contributed by atoms with van der Waals surface area (Å²) in [6.07, 6.45) is 0.427. The Morgan fingerprint density at radius 1 is 1.50 bits per heavy atom. The zero-order chi connectivity index (χ0) is 13.7. The van der Waals surface area contributed by atoms with E-state index in [1.54, 1.807) is 25.1 Å². The Labute approximate surface area is 112 Å². The van der Waals surface area contributed by atoms with E-state index < -0.39 is 0 Å². The lowest BCUT2D eigenvalue weighted by Crippen LogP contribution is -2.28. The molecule has 1 rings (SSSR count). The van der Waals surface area contributed by atoms with E-state index in [2.05, 4.69) is 5.32 Å². The molecule has 18 heavy (non-hydrogen) atoms. The lowest BCUT2D eigenvalue weighted by molar-refractivity contribution is -0.128. The molecule has 1 unspecified atom stereocenters. The molecule has 1 aromatic carbocycles. The second-order valence-corrected chi connectivity index (χ2v) is 4.79. The van der Waals surface area contributed by atoms with E-state index in [-0.39, 0.29) is 17.8 Å². The molecule has 0 saturated carbocycles. The van der Waals surface area contributed by atoms with Gasteiger partial charge in [0.25, 0.3) is 0 Å². The van der Waals surface area contributed by atoms with Crippen molar-refractivity contribution in [1.82, 2.24) is 10.2 Å². The van der Waals surface area contributed by atoms with E-state index in [1.165, 1.54) is 12.1 Å². The quantitative estimate of drug-likeness (QED) is 0.894. The fourth-order valence-electron chi connectivity index (χ4n) is 1.58. The summed E-state index contributed by atoms with van der Waals surface area (Å²) in [7, 11) is 3.45. The molecule has 0 aliphatic rings. The van der Waals surface area contributed by atoms with Gasteiger partial charge in [0.05, 0.1) is 0 Å². The predicted molar refractivity (Wildman–Crippen MR) is 71.1 cm³/mol. The Hall–Kier alpha value is -1.13. The first-order valence-electron chi connectivity index (χ1n) is 5.80. The summed E-state index contributed by atoms with van der Waals surface area (Å²) < 4.78 is 12.9. The standard InChI is InChI=1S/C13H18ClFN2O/c1-9(16-7-6-13(18)17(2)3)11-5-4-10(15)8-12(11)14/h4-5,8-9,16H,6-7H2,1-3H3. The van der Waals surface area contributed by atoms with Crippen LogP contribution in [0.3, 0.4) is 0 Å². The number of nitrogens with zero attached hydrogens (tertiary/aromatic N) is 1. The highest BCUT2D eigenvalue weighted by Gasteiger charge is 2.11. The highest BCUT2D eigenvalue weighted by atomic mass is 35.5. The summed E-state index contributed by atoms with van der Waals surface area (Å²) in [4.78, 5) is 12.9. The van der Waals surface area contributed by atoms with Gasteiger partial charge in [-0.05, 0) is 24.6 Å². The summed E-state index contributed by atoms with van der Waals surface area (Å²) in [5, 5.41) is 3.59. The number of hydrogen-bond acceptors (Lipinski definition) is 2. The van der Waals surface area contributed by atoms with Crippen molar-refractivity contribution in [1.29, 1.82) is 0 Å². The number of amides is 1. The second kappa shape index (κ2) is 6.71. The second-order valence-electron chi connectivity index (χ2n) is 4.38. The molecule has 1 N–H and O–H groups in total. The van der Waals surface area contributed by atoms with Gasteiger partial charge in [-0.25, -0.2) is 4.39 Å². The van der Waals surface area contributed by atoms with Crippen LogP contribution in [0.4, 0.5) is 4.39 Å². The van der Waals surface area contributed by atoms with Gasteiger partial charge in [0.15, 0.2) is 0 Å². The minimum absolute atomic E-state index is 0.0203. The topological polar surface area (TPSA) is 32.3 Å². The van der Waals surface area contributed by atoms with Crippen LogP contribution in [-0.2, 0) is 4.79 Å². The minimum Gasteiger partial charge on any atom is -0.349 e. The van der Waals surface area contributed by atoms with E-state index >= 15 is 0 Å². The average molecular weight is 273 g/mol. The largest absolute Gasteiger partial charge is 0.349 e. The normalized spacial score (nSPS) is 12.3. The SMILES string of the molecule is CC(NCCC(=O)N(C)C)c1ccc(F)cc1Cl. The summed E-state index contributed by atoms with van der Waals surface area (Å²) in [5.74, 6) is -0.279. The number of carbonyl (C=O) groups excluding carboxylic acids is 1. The molecule has 1 aromatic rings. The average Bonchev–Trinajstić information content (AvgIpc) is 2.28. The molecule has 0 aromatic heterocycles. The monoisotopic (exact) mass is 272 g/mol. The maximum atomic E-state index is 12.9. The fourth-order valence-corrected chi connectivity index (χ4v) is 1.91. The summed E-state index contributed by atoms with van der Waals surface area (Å²) in [6, 6.07) is 4.31. The Kier molecular flexibility index (Phi) is 5.56. The maximum absolute atomic E-state index is 12.9. The summed E-state index contributed by atoms with van der Waals surface area (Å²) in [5.41, 5.74) is 0.829. The van der Waals surface area contributed by atoms with Gasteiger partial charge >= 0.3 is 0 Å². The van der Waals surface area contributed by atoms with Crippen LogP contribution in [0.5, 0.6) is 0 Å². The van der Waals surface area contributed by atoms with Crippen molar-refractivity contribution in [3.8, 4) is 0 Å². The van der Waals surface area contributed by atoms with Gasteiger partial charge in [-0.3, -0.25) is 4.79 Å². The first-order chi connectivity index (χ1) is 8.41. The van der Waals surface area contributed by atoms with Crippen LogP contribution in [-0.4, -0.2) is 31.4 Å². The minimum atomic E-state index is -0.348. The van der Waals surface area contributed by atoms with Gasteiger partial charge < -0.3 is 10.2 Å². The smallest absolute Gasteiger partial charge is 0.223 e. The van der Waals surface area contributed by atoms with Crippen LogP contribution < -0.4 is 5.32 Å². The molecule has 100 valence electrons. The summed E-state index contributed by atoms with van der Waals surface area (Å²) in [6.45, 7) is 2.49. The molecule has 0 bridgehead atoms. The van der Waals surface area contributed by atoms with E-state index in [0.717, 1.165) is 5.56 Å². The molecule has 1 atom stereocenters. The number of carbonyl (C=O) groups is 1. The van der Waals surface area contributed by atoms with Crippen LogP contribution in [0, 0.1) is 5.82 Å². The molecule has 0 saturated heterocycles. The van der Waals surface area contributed by atoms with Crippen molar-refractivity contribution in [2.75, 3.05) is 20.6 Å². The van der Waals surface area contributed by atoms with Gasteiger partial charge in [-0.1, -0.05) is 17.7 Å². The zero-order valence-electron chi connectivity index (χ0n) is 10.8. The van der Waals surface area contributed by atoms with E-state index in [0.29, 0.717) is 18.0 Å².